The van der Waals surface area contributed by atoms with Gasteiger partial charge in [-0.05, 0) is 37.3 Å². The summed E-state index contributed by atoms with van der Waals surface area (Å²) >= 11 is 0. The highest BCUT2D eigenvalue weighted by Gasteiger charge is 2.20. The number of pyridine rings is 1. The van der Waals surface area contributed by atoms with Crippen LogP contribution in [0.5, 0.6) is 11.5 Å². The number of aromatic nitrogens is 1. The van der Waals surface area contributed by atoms with E-state index >= 15 is 0 Å². The van der Waals surface area contributed by atoms with Crippen molar-refractivity contribution in [1.29, 1.82) is 0 Å². The van der Waals surface area contributed by atoms with Gasteiger partial charge in [-0.25, -0.2) is 4.39 Å². The molecule has 1 unspecified atom stereocenters. The third-order valence-electron chi connectivity index (χ3n) is 4.21. The molecule has 7 heteroatoms. The summed E-state index contributed by atoms with van der Waals surface area (Å²) in [7, 11) is 1.53. The molecule has 0 aliphatic carbocycles. The predicted octanol–water partition coefficient (Wildman–Crippen LogP) is 2.58. The van der Waals surface area contributed by atoms with E-state index in [9.17, 15) is 19.1 Å². The highest BCUT2D eigenvalue weighted by molar-refractivity contribution is 6.08. The largest absolute Gasteiger partial charge is 0.502 e. The van der Waals surface area contributed by atoms with E-state index in [1.807, 2.05) is 0 Å². The number of aryl methyl sites for hydroxylation is 1. The van der Waals surface area contributed by atoms with Crippen molar-refractivity contribution in [3.05, 3.63) is 70.3 Å². The number of hydrogen-bond acceptors (Lipinski definition) is 4. The number of amides is 1. The van der Waals surface area contributed by atoms with Crippen LogP contribution in [0.25, 0.3) is 10.9 Å². The minimum absolute atomic E-state index is 0.0670. The molecule has 2 N–H and O–H groups in total. The summed E-state index contributed by atoms with van der Waals surface area (Å²) in [4.78, 5) is 24.8. The summed E-state index contributed by atoms with van der Waals surface area (Å²) in [6, 6.07) is 12.4. The Kier molecular flexibility index (Phi) is 5.12. The van der Waals surface area contributed by atoms with Crippen LogP contribution in [0.3, 0.4) is 0 Å². The Morgan fingerprint density at radius 2 is 1.89 bits per heavy atom. The second-order valence-electron chi connectivity index (χ2n) is 6.20. The molecule has 3 aromatic rings. The van der Waals surface area contributed by atoms with E-state index in [1.54, 1.807) is 31.2 Å². The first kappa shape index (κ1) is 18.4. The van der Waals surface area contributed by atoms with Crippen LogP contribution in [-0.4, -0.2) is 28.2 Å². The van der Waals surface area contributed by atoms with Crippen molar-refractivity contribution < 1.29 is 19.0 Å². The molecule has 0 bridgehead atoms. The van der Waals surface area contributed by atoms with Gasteiger partial charge in [0.15, 0.2) is 5.75 Å². The van der Waals surface area contributed by atoms with Crippen LogP contribution in [-0.2, 0) is 7.05 Å². The number of nitrogens with one attached hydrogen (secondary N) is 1. The SMILES string of the molecule is CC(CNC(=O)c1c(O)c(=O)n(C)c2ccccc12)Oc1ccc(F)cc1. The first-order valence-corrected chi connectivity index (χ1v) is 8.39. The van der Waals surface area contributed by atoms with E-state index in [-0.39, 0.29) is 17.9 Å². The summed E-state index contributed by atoms with van der Waals surface area (Å²) in [6.07, 6.45) is -0.403. The maximum atomic E-state index is 12.9. The average molecular weight is 370 g/mol. The highest BCUT2D eigenvalue weighted by Crippen LogP contribution is 2.23. The number of nitrogens with zero attached hydrogens (tertiary/aromatic N) is 1. The first-order valence-electron chi connectivity index (χ1n) is 8.39. The predicted molar refractivity (Wildman–Crippen MR) is 99.7 cm³/mol. The van der Waals surface area contributed by atoms with E-state index in [2.05, 4.69) is 5.32 Å². The summed E-state index contributed by atoms with van der Waals surface area (Å²) in [6.45, 7) is 1.88. The van der Waals surface area contributed by atoms with Gasteiger partial charge < -0.3 is 19.7 Å². The fourth-order valence-electron chi connectivity index (χ4n) is 2.82. The molecule has 27 heavy (non-hydrogen) atoms. The Hall–Kier alpha value is -3.35. The van der Waals surface area contributed by atoms with Gasteiger partial charge in [0.05, 0.1) is 17.6 Å². The second kappa shape index (κ2) is 7.49. The Balaban J connectivity index is 1.78. The van der Waals surface area contributed by atoms with Gasteiger partial charge in [-0.2, -0.15) is 0 Å². The molecule has 0 saturated heterocycles. The van der Waals surface area contributed by atoms with E-state index in [1.165, 1.54) is 35.9 Å². The zero-order chi connectivity index (χ0) is 19.6. The second-order valence-corrected chi connectivity index (χ2v) is 6.20. The fourth-order valence-corrected chi connectivity index (χ4v) is 2.82. The molecule has 140 valence electrons. The van der Waals surface area contributed by atoms with Gasteiger partial charge in [0, 0.05) is 12.4 Å². The molecule has 0 fully saturated rings. The third-order valence-corrected chi connectivity index (χ3v) is 4.21. The Bertz CT molecular complexity index is 1040. The third kappa shape index (κ3) is 3.76. The van der Waals surface area contributed by atoms with E-state index in [0.29, 0.717) is 16.7 Å². The summed E-state index contributed by atoms with van der Waals surface area (Å²) in [5, 5.41) is 13.3. The van der Waals surface area contributed by atoms with Crippen molar-refractivity contribution >= 4 is 16.8 Å². The van der Waals surface area contributed by atoms with Crippen molar-refractivity contribution in [3.8, 4) is 11.5 Å². The minimum atomic E-state index is -0.644. The fraction of sp³-hybridized carbons (Fsp3) is 0.200. The number of carbonyl (C=O) groups excluding carboxylic acids is 1. The zero-order valence-corrected chi connectivity index (χ0v) is 14.9. The van der Waals surface area contributed by atoms with Crippen molar-refractivity contribution in [2.75, 3.05) is 6.54 Å². The number of halogens is 1. The molecular formula is C20H19FN2O4. The Labute approximate surface area is 154 Å². The van der Waals surface area contributed by atoms with Gasteiger partial charge in [0.25, 0.3) is 11.5 Å². The molecule has 0 aliphatic heterocycles. The molecule has 0 spiro atoms. The van der Waals surface area contributed by atoms with Crippen LogP contribution in [0.2, 0.25) is 0 Å². The molecule has 1 amide bonds. The molecule has 1 atom stereocenters. The first-order chi connectivity index (χ1) is 12.9. The molecule has 0 aliphatic rings. The van der Waals surface area contributed by atoms with Crippen molar-refractivity contribution in [3.63, 3.8) is 0 Å². The van der Waals surface area contributed by atoms with Crippen molar-refractivity contribution in [2.45, 2.75) is 13.0 Å². The lowest BCUT2D eigenvalue weighted by atomic mass is 10.1. The van der Waals surface area contributed by atoms with Crippen LogP contribution in [0, 0.1) is 5.82 Å². The normalized spacial score (nSPS) is 12.0. The molecule has 3 rings (SSSR count). The van der Waals surface area contributed by atoms with Gasteiger partial charge in [0.1, 0.15) is 17.7 Å². The smallest absolute Gasteiger partial charge is 0.293 e. The number of hydrogen-bond donors (Lipinski definition) is 2. The standard InChI is InChI=1S/C20H19FN2O4/c1-12(27-14-9-7-13(21)8-10-14)11-22-19(25)17-15-5-3-4-6-16(15)23(2)20(26)18(17)24/h3-10,12,24H,11H2,1-2H3,(H,22,25). The lowest BCUT2D eigenvalue weighted by Crippen LogP contribution is -2.34. The molecule has 1 heterocycles. The van der Waals surface area contributed by atoms with E-state index in [4.69, 9.17) is 4.74 Å². The van der Waals surface area contributed by atoms with Gasteiger partial charge in [-0.1, -0.05) is 18.2 Å². The molecule has 1 aromatic heterocycles. The van der Waals surface area contributed by atoms with E-state index < -0.39 is 23.3 Å². The lowest BCUT2D eigenvalue weighted by Gasteiger charge is -2.17. The zero-order valence-electron chi connectivity index (χ0n) is 14.9. The summed E-state index contributed by atoms with van der Waals surface area (Å²) in [5.74, 6) is -1.06. The molecule has 0 saturated carbocycles. The number of carbonyl (C=O) groups is 1. The molecular weight excluding hydrogens is 351 g/mol. The number of aromatic hydroxyl groups is 1. The van der Waals surface area contributed by atoms with Crippen LogP contribution < -0.4 is 15.6 Å². The van der Waals surface area contributed by atoms with Crippen LogP contribution in [0.4, 0.5) is 4.39 Å². The quantitative estimate of drug-likeness (QED) is 0.723. The van der Waals surface area contributed by atoms with Gasteiger partial charge >= 0.3 is 0 Å². The molecule has 6 nitrogen and oxygen atoms in total. The maximum Gasteiger partial charge on any atom is 0.293 e. The van der Waals surface area contributed by atoms with Crippen molar-refractivity contribution in [1.82, 2.24) is 9.88 Å². The number of rotatable bonds is 5. The maximum absolute atomic E-state index is 12.9. The highest BCUT2D eigenvalue weighted by atomic mass is 19.1. The van der Waals surface area contributed by atoms with Gasteiger partial charge in [-0.15, -0.1) is 0 Å². The van der Waals surface area contributed by atoms with Gasteiger partial charge in [-0.3, -0.25) is 9.59 Å². The summed E-state index contributed by atoms with van der Waals surface area (Å²) in [5.41, 5.74) is -0.168. The number of para-hydroxylation sites is 1. The van der Waals surface area contributed by atoms with Crippen LogP contribution in [0.15, 0.2) is 53.3 Å². The molecule has 0 radical (unpaired) electrons. The topological polar surface area (TPSA) is 80.6 Å². The number of benzene rings is 2. The number of fused-ring (bicyclic) bond motifs is 1. The van der Waals surface area contributed by atoms with Crippen LogP contribution >= 0.6 is 0 Å². The van der Waals surface area contributed by atoms with Gasteiger partial charge in [0.2, 0.25) is 0 Å². The van der Waals surface area contributed by atoms with E-state index in [0.717, 1.165) is 0 Å². The van der Waals surface area contributed by atoms with Crippen molar-refractivity contribution in [2.24, 2.45) is 7.05 Å². The average Bonchev–Trinajstić information content (AvgIpc) is 2.66. The number of ether oxygens (including phenoxy) is 1. The van der Waals surface area contributed by atoms with Crippen LogP contribution in [0.1, 0.15) is 17.3 Å². The summed E-state index contributed by atoms with van der Waals surface area (Å²) < 4.78 is 19.8. The Morgan fingerprint density at radius 1 is 1.22 bits per heavy atom. The lowest BCUT2D eigenvalue weighted by molar-refractivity contribution is 0.0931. The Morgan fingerprint density at radius 3 is 2.59 bits per heavy atom. The monoisotopic (exact) mass is 370 g/mol. The molecule has 2 aromatic carbocycles. The minimum Gasteiger partial charge on any atom is -0.502 e.